The minimum Gasteiger partial charge on any atom is -0.493 e. The Morgan fingerprint density at radius 3 is 1.34 bits per heavy atom. The van der Waals surface area contributed by atoms with Crippen LogP contribution in [0.15, 0.2) is 48.5 Å². The highest BCUT2D eigenvalue weighted by molar-refractivity contribution is 7.59. The highest BCUT2D eigenvalue weighted by Gasteiger charge is 2.28. The number of fused-ring (bicyclic) bond motifs is 2. The molecule has 0 radical (unpaired) electrons. The van der Waals surface area contributed by atoms with Crippen LogP contribution in [0.5, 0.6) is 34.8 Å². The highest BCUT2D eigenvalue weighted by Crippen LogP contribution is 2.34. The summed E-state index contributed by atoms with van der Waals surface area (Å²) in [6, 6.07) is 16.6. The van der Waals surface area contributed by atoms with Crippen molar-refractivity contribution in [1.82, 2.24) is 29.7 Å². The van der Waals surface area contributed by atoms with Crippen molar-refractivity contribution < 1.29 is 28.4 Å². The molecule has 2 fully saturated rings. The average molecular weight is 835 g/mol. The number of rotatable bonds is 10. The van der Waals surface area contributed by atoms with Crippen molar-refractivity contribution in [2.45, 2.75) is 79.3 Å². The zero-order valence-corrected chi connectivity index (χ0v) is 37.0. The predicted octanol–water partition coefficient (Wildman–Crippen LogP) is 7.66. The van der Waals surface area contributed by atoms with E-state index in [9.17, 15) is 0 Å². The third-order valence-corrected chi connectivity index (χ3v) is 11.0. The molecule has 4 aliphatic heterocycles. The van der Waals surface area contributed by atoms with E-state index in [0.29, 0.717) is 50.0 Å². The average Bonchev–Trinajstić information content (AvgIpc) is 3.21. The van der Waals surface area contributed by atoms with Crippen LogP contribution in [0.1, 0.15) is 85.8 Å². The molecular weight excluding hydrogens is 773 g/mol. The lowest BCUT2D eigenvalue weighted by molar-refractivity contribution is 0.0980. The monoisotopic (exact) mass is 834 g/mol. The van der Waals surface area contributed by atoms with Gasteiger partial charge in [-0.2, -0.15) is 27.0 Å². The summed E-state index contributed by atoms with van der Waals surface area (Å²) < 4.78 is 34.7. The Kier molecular flexibility index (Phi) is 16.6. The van der Waals surface area contributed by atoms with E-state index in [1.165, 1.54) is 25.7 Å². The molecular formula is C44H62N6O6S2. The fraction of sp³-hybridized carbons (Fsp3) is 0.545. The Labute approximate surface area is 358 Å². The predicted molar refractivity (Wildman–Crippen MR) is 235 cm³/mol. The SMILES string of the molecule is Cc1cc(OC[C@H]2CCCN([C@@H](C)c3ccc4c(n3)OCCO4)C2)cc(C)n1.Cc1cc(OC[C@H]2CCCN([C@H](C)c3ccc4c(n3)OCCO4)C2)cc(C)n1.S.S. The minimum absolute atomic E-state index is 0. The third kappa shape index (κ3) is 12.0. The zero-order valence-electron chi connectivity index (χ0n) is 35.0. The van der Waals surface area contributed by atoms with Crippen LogP contribution < -0.4 is 28.4 Å². The fourth-order valence-electron chi connectivity index (χ4n) is 8.09. The summed E-state index contributed by atoms with van der Waals surface area (Å²) >= 11 is 0. The van der Waals surface area contributed by atoms with Gasteiger partial charge in [0.1, 0.15) is 37.9 Å². The Hall–Kier alpha value is -3.98. The number of hydrogen-bond donors (Lipinski definition) is 0. The van der Waals surface area contributed by atoms with Crippen LogP contribution in [0.4, 0.5) is 0 Å². The maximum Gasteiger partial charge on any atom is 0.257 e. The van der Waals surface area contributed by atoms with Crippen molar-refractivity contribution in [2.75, 3.05) is 65.8 Å². The van der Waals surface area contributed by atoms with Gasteiger partial charge < -0.3 is 28.4 Å². The molecule has 0 saturated carbocycles. The molecule has 0 unspecified atom stereocenters. The maximum absolute atomic E-state index is 6.10. The summed E-state index contributed by atoms with van der Waals surface area (Å²) in [6.45, 7) is 20.4. The van der Waals surface area contributed by atoms with Gasteiger partial charge in [0.25, 0.3) is 11.8 Å². The molecule has 14 heteroatoms. The normalized spacial score (nSPS) is 19.9. The van der Waals surface area contributed by atoms with Crippen LogP contribution in [-0.4, -0.2) is 95.6 Å². The fourth-order valence-corrected chi connectivity index (χ4v) is 8.09. The molecule has 12 nitrogen and oxygen atoms in total. The van der Waals surface area contributed by atoms with Crippen LogP contribution in [0.3, 0.4) is 0 Å². The Bertz CT molecular complexity index is 1760. The lowest BCUT2D eigenvalue weighted by Gasteiger charge is -2.36. The molecule has 0 aliphatic carbocycles. The van der Waals surface area contributed by atoms with Gasteiger partial charge in [-0.25, -0.2) is 9.97 Å². The number of ether oxygens (including phenoxy) is 6. The largest absolute Gasteiger partial charge is 0.493 e. The van der Waals surface area contributed by atoms with Crippen LogP contribution >= 0.6 is 27.0 Å². The first kappa shape index (κ1) is 45.1. The first-order valence-corrected chi connectivity index (χ1v) is 20.3. The molecule has 0 aromatic carbocycles. The van der Waals surface area contributed by atoms with Gasteiger partial charge in [-0.3, -0.25) is 19.8 Å². The van der Waals surface area contributed by atoms with E-state index >= 15 is 0 Å². The Balaban J connectivity index is 0.000000214. The summed E-state index contributed by atoms with van der Waals surface area (Å²) in [5, 5.41) is 0. The molecule has 0 amide bonds. The van der Waals surface area contributed by atoms with E-state index in [-0.39, 0.29) is 39.1 Å². The van der Waals surface area contributed by atoms with Gasteiger partial charge >= 0.3 is 0 Å². The smallest absolute Gasteiger partial charge is 0.257 e. The van der Waals surface area contributed by atoms with Gasteiger partial charge in [0.05, 0.1) is 24.6 Å². The summed E-state index contributed by atoms with van der Waals surface area (Å²) in [5.41, 5.74) is 6.06. The van der Waals surface area contributed by atoms with Gasteiger partial charge in [-0.05, 0) is 105 Å². The third-order valence-electron chi connectivity index (χ3n) is 11.0. The van der Waals surface area contributed by atoms with Crippen LogP contribution in [0, 0.1) is 39.5 Å². The maximum atomic E-state index is 6.10. The first-order chi connectivity index (χ1) is 27.2. The lowest BCUT2D eigenvalue weighted by atomic mass is 9.97. The van der Waals surface area contributed by atoms with Crippen molar-refractivity contribution in [1.29, 1.82) is 0 Å². The molecule has 0 bridgehead atoms. The number of hydrogen-bond acceptors (Lipinski definition) is 12. The summed E-state index contributed by atoms with van der Waals surface area (Å²) in [4.78, 5) is 23.2. The molecule has 8 heterocycles. The second-order valence-corrected chi connectivity index (χ2v) is 15.6. The molecule has 8 rings (SSSR count). The van der Waals surface area contributed by atoms with Crippen molar-refractivity contribution in [3.63, 3.8) is 0 Å². The molecule has 4 aromatic heterocycles. The number of piperidine rings is 2. The lowest BCUT2D eigenvalue weighted by Crippen LogP contribution is -2.39. The van der Waals surface area contributed by atoms with Crippen molar-refractivity contribution >= 4 is 27.0 Å². The number of pyridine rings is 4. The van der Waals surface area contributed by atoms with Crippen molar-refractivity contribution in [2.24, 2.45) is 11.8 Å². The van der Waals surface area contributed by atoms with E-state index in [4.69, 9.17) is 38.4 Å². The van der Waals surface area contributed by atoms with Gasteiger partial charge in [-0.15, -0.1) is 0 Å². The standard InChI is InChI=1S/2C22H29N3O3.2H2S/c2*1-15-11-19(12-16(2)23-15)28-14-18-5-4-8-25(13-18)17(3)20-6-7-21-22(24-20)27-10-9-26-21;;/h2*6-7,11-12,17-18H,4-5,8-10,13-14H2,1-3H3;2*1H2/t17-,18+;17-,18-;;/m10../s1. The molecule has 4 aromatic rings. The van der Waals surface area contributed by atoms with Gasteiger partial charge in [0, 0.05) is 84.1 Å². The van der Waals surface area contributed by atoms with Crippen molar-refractivity contribution in [3.05, 3.63) is 82.7 Å². The van der Waals surface area contributed by atoms with E-state index in [1.807, 2.05) is 64.1 Å². The summed E-state index contributed by atoms with van der Waals surface area (Å²) in [7, 11) is 0. The first-order valence-electron chi connectivity index (χ1n) is 20.3. The topological polar surface area (TPSA) is 113 Å². The highest BCUT2D eigenvalue weighted by atomic mass is 32.1. The number of aromatic nitrogens is 4. The molecule has 2 saturated heterocycles. The molecule has 4 atom stereocenters. The number of aryl methyl sites for hydroxylation is 4. The number of nitrogens with zero attached hydrogens (tertiary/aromatic N) is 6. The zero-order chi connectivity index (χ0) is 39.0. The molecule has 316 valence electrons. The van der Waals surface area contributed by atoms with E-state index in [2.05, 4.69) is 45.7 Å². The van der Waals surface area contributed by atoms with Crippen molar-refractivity contribution in [3.8, 4) is 34.8 Å². The van der Waals surface area contributed by atoms with Gasteiger partial charge in [0.2, 0.25) is 0 Å². The van der Waals surface area contributed by atoms with Crippen LogP contribution in [0.2, 0.25) is 0 Å². The van der Waals surface area contributed by atoms with Crippen LogP contribution in [0.25, 0.3) is 0 Å². The second kappa shape index (κ2) is 21.3. The van der Waals surface area contributed by atoms with E-state index in [0.717, 1.165) is 96.6 Å². The number of likely N-dealkylation sites (tertiary alicyclic amines) is 2. The van der Waals surface area contributed by atoms with E-state index in [1.54, 1.807) is 0 Å². The second-order valence-electron chi connectivity index (χ2n) is 15.6. The van der Waals surface area contributed by atoms with Gasteiger partial charge in [0.15, 0.2) is 11.5 Å². The summed E-state index contributed by atoms with van der Waals surface area (Å²) in [6.07, 6.45) is 4.75. The molecule has 0 spiro atoms. The molecule has 0 N–H and O–H groups in total. The molecule has 4 aliphatic rings. The minimum atomic E-state index is 0. The van der Waals surface area contributed by atoms with Crippen LogP contribution in [-0.2, 0) is 0 Å². The van der Waals surface area contributed by atoms with E-state index < -0.39 is 0 Å². The Morgan fingerprint density at radius 2 is 0.948 bits per heavy atom. The Morgan fingerprint density at radius 1 is 0.569 bits per heavy atom. The quantitative estimate of drug-likeness (QED) is 0.156. The van der Waals surface area contributed by atoms with Gasteiger partial charge in [-0.1, -0.05) is 0 Å². The molecule has 58 heavy (non-hydrogen) atoms. The summed E-state index contributed by atoms with van der Waals surface area (Å²) in [5.74, 6) is 5.61.